The van der Waals surface area contributed by atoms with Crippen molar-refractivity contribution >= 4 is 0 Å². The zero-order valence-electron chi connectivity index (χ0n) is 11.1. The van der Waals surface area contributed by atoms with Crippen molar-refractivity contribution in [2.24, 2.45) is 7.05 Å². The highest BCUT2D eigenvalue weighted by Crippen LogP contribution is 2.33. The highest BCUT2D eigenvalue weighted by molar-refractivity contribution is 5.15. The second-order valence-electron chi connectivity index (χ2n) is 6.19. The number of hydrogen-bond acceptors (Lipinski definition) is 1. The fourth-order valence-electron chi connectivity index (χ4n) is 2.78. The molecule has 0 saturated heterocycles. The molecule has 90 valence electrons. The standard InChI is InChI=1S/C14H24N2/c1-14(2,3)13-15-12(10-16(13)4)11-8-6-5-7-9-11/h10-11H,5-9H2,1-4H3. The Balaban J connectivity index is 2.23. The Morgan fingerprint density at radius 1 is 1.19 bits per heavy atom. The molecule has 0 unspecified atom stereocenters. The summed E-state index contributed by atoms with van der Waals surface area (Å²) in [5.41, 5.74) is 1.48. The highest BCUT2D eigenvalue weighted by atomic mass is 15.1. The van der Waals surface area contributed by atoms with Crippen molar-refractivity contribution in [3.63, 3.8) is 0 Å². The van der Waals surface area contributed by atoms with Gasteiger partial charge in [-0.25, -0.2) is 4.98 Å². The summed E-state index contributed by atoms with van der Waals surface area (Å²) in [4.78, 5) is 4.87. The molecule has 0 radical (unpaired) electrons. The van der Waals surface area contributed by atoms with Crippen LogP contribution in [0.3, 0.4) is 0 Å². The Kier molecular flexibility index (Phi) is 3.09. The lowest BCUT2D eigenvalue weighted by Crippen LogP contribution is -2.17. The molecule has 1 aliphatic rings. The van der Waals surface area contributed by atoms with Gasteiger partial charge in [-0.15, -0.1) is 0 Å². The second-order valence-corrected chi connectivity index (χ2v) is 6.19. The number of imidazole rings is 1. The third-order valence-electron chi connectivity index (χ3n) is 3.59. The normalized spacial score (nSPS) is 19.0. The highest BCUT2D eigenvalue weighted by Gasteiger charge is 2.24. The summed E-state index contributed by atoms with van der Waals surface area (Å²) in [6.45, 7) is 6.71. The summed E-state index contributed by atoms with van der Waals surface area (Å²) in [5.74, 6) is 1.93. The van der Waals surface area contributed by atoms with E-state index in [1.807, 2.05) is 0 Å². The third-order valence-corrected chi connectivity index (χ3v) is 3.59. The molecule has 0 N–H and O–H groups in total. The summed E-state index contributed by atoms with van der Waals surface area (Å²) in [6.07, 6.45) is 9.09. The lowest BCUT2D eigenvalue weighted by Gasteiger charge is -2.20. The van der Waals surface area contributed by atoms with Crippen LogP contribution in [0, 0.1) is 0 Å². The monoisotopic (exact) mass is 220 g/mol. The fraction of sp³-hybridized carbons (Fsp3) is 0.786. The molecule has 1 saturated carbocycles. The molecule has 1 aromatic heterocycles. The van der Waals surface area contributed by atoms with Crippen molar-refractivity contribution < 1.29 is 0 Å². The Morgan fingerprint density at radius 2 is 1.81 bits per heavy atom. The molecular weight excluding hydrogens is 196 g/mol. The SMILES string of the molecule is Cn1cc(C2CCCCC2)nc1C(C)(C)C. The van der Waals surface area contributed by atoms with E-state index < -0.39 is 0 Å². The average molecular weight is 220 g/mol. The maximum atomic E-state index is 4.87. The van der Waals surface area contributed by atoms with Crippen molar-refractivity contribution in [3.05, 3.63) is 17.7 Å². The van der Waals surface area contributed by atoms with Gasteiger partial charge in [0.2, 0.25) is 0 Å². The van der Waals surface area contributed by atoms with Crippen LogP contribution in [0.15, 0.2) is 6.20 Å². The molecule has 1 aliphatic carbocycles. The lowest BCUT2D eigenvalue weighted by molar-refractivity contribution is 0.436. The molecule has 1 fully saturated rings. The minimum absolute atomic E-state index is 0.154. The van der Waals surface area contributed by atoms with Crippen LogP contribution in [0.5, 0.6) is 0 Å². The van der Waals surface area contributed by atoms with E-state index in [2.05, 4.69) is 38.6 Å². The van der Waals surface area contributed by atoms with Gasteiger partial charge in [0.1, 0.15) is 5.82 Å². The van der Waals surface area contributed by atoms with E-state index in [0.29, 0.717) is 0 Å². The smallest absolute Gasteiger partial charge is 0.114 e. The maximum absolute atomic E-state index is 4.87. The van der Waals surface area contributed by atoms with Crippen molar-refractivity contribution in [2.75, 3.05) is 0 Å². The molecule has 2 nitrogen and oxygen atoms in total. The molecule has 0 aromatic carbocycles. The van der Waals surface area contributed by atoms with Crippen LogP contribution in [-0.2, 0) is 12.5 Å². The van der Waals surface area contributed by atoms with Crippen LogP contribution >= 0.6 is 0 Å². The molecule has 0 amide bonds. The molecule has 1 heterocycles. The van der Waals surface area contributed by atoms with E-state index in [0.717, 1.165) is 5.92 Å². The quantitative estimate of drug-likeness (QED) is 0.704. The average Bonchev–Trinajstić information content (AvgIpc) is 2.61. The number of aromatic nitrogens is 2. The van der Waals surface area contributed by atoms with Gasteiger partial charge in [-0.1, -0.05) is 40.0 Å². The first kappa shape index (κ1) is 11.7. The van der Waals surface area contributed by atoms with Gasteiger partial charge < -0.3 is 4.57 Å². The van der Waals surface area contributed by atoms with E-state index in [-0.39, 0.29) is 5.41 Å². The molecule has 2 heteroatoms. The van der Waals surface area contributed by atoms with Gasteiger partial charge in [0.15, 0.2) is 0 Å². The van der Waals surface area contributed by atoms with E-state index in [4.69, 9.17) is 4.98 Å². The topological polar surface area (TPSA) is 17.8 Å². The first-order valence-corrected chi connectivity index (χ1v) is 6.52. The summed E-state index contributed by atoms with van der Waals surface area (Å²) < 4.78 is 2.21. The number of rotatable bonds is 1. The number of aryl methyl sites for hydroxylation is 1. The van der Waals surface area contributed by atoms with Crippen molar-refractivity contribution in [1.29, 1.82) is 0 Å². The van der Waals surface area contributed by atoms with Crippen LogP contribution in [0.2, 0.25) is 0 Å². The Bertz CT molecular complexity index is 351. The van der Waals surface area contributed by atoms with E-state index >= 15 is 0 Å². The number of nitrogens with zero attached hydrogens (tertiary/aromatic N) is 2. The van der Waals surface area contributed by atoms with Crippen LogP contribution < -0.4 is 0 Å². The largest absolute Gasteiger partial charge is 0.337 e. The summed E-state index contributed by atoms with van der Waals surface area (Å²) in [7, 11) is 2.12. The third kappa shape index (κ3) is 2.31. The fourth-order valence-corrected chi connectivity index (χ4v) is 2.78. The first-order chi connectivity index (χ1) is 7.48. The maximum Gasteiger partial charge on any atom is 0.114 e. The van der Waals surface area contributed by atoms with Crippen LogP contribution in [-0.4, -0.2) is 9.55 Å². The van der Waals surface area contributed by atoms with Crippen LogP contribution in [0.1, 0.15) is 70.3 Å². The predicted molar refractivity (Wildman–Crippen MR) is 67.7 cm³/mol. The summed E-state index contributed by atoms with van der Waals surface area (Å²) >= 11 is 0. The van der Waals surface area contributed by atoms with Gasteiger partial charge in [-0.2, -0.15) is 0 Å². The minimum atomic E-state index is 0.154. The van der Waals surface area contributed by atoms with E-state index in [9.17, 15) is 0 Å². The predicted octanol–water partition coefficient (Wildman–Crippen LogP) is 3.77. The minimum Gasteiger partial charge on any atom is -0.337 e. The van der Waals surface area contributed by atoms with Crippen molar-refractivity contribution in [2.45, 2.75) is 64.2 Å². The van der Waals surface area contributed by atoms with Crippen LogP contribution in [0.4, 0.5) is 0 Å². The van der Waals surface area contributed by atoms with E-state index in [1.54, 1.807) is 0 Å². The van der Waals surface area contributed by atoms with Gasteiger partial charge in [0.05, 0.1) is 5.69 Å². The van der Waals surface area contributed by atoms with Gasteiger partial charge >= 0.3 is 0 Å². The molecule has 16 heavy (non-hydrogen) atoms. The van der Waals surface area contributed by atoms with Gasteiger partial charge in [-0.05, 0) is 12.8 Å². The Labute approximate surface area is 99.1 Å². The molecular formula is C14H24N2. The zero-order chi connectivity index (χ0) is 11.8. The zero-order valence-corrected chi connectivity index (χ0v) is 11.1. The summed E-state index contributed by atoms with van der Waals surface area (Å²) in [5, 5.41) is 0. The molecule has 0 bridgehead atoms. The Morgan fingerprint density at radius 3 is 2.31 bits per heavy atom. The van der Waals surface area contributed by atoms with Crippen LogP contribution in [0.25, 0.3) is 0 Å². The van der Waals surface area contributed by atoms with Gasteiger partial charge in [0.25, 0.3) is 0 Å². The summed E-state index contributed by atoms with van der Waals surface area (Å²) in [6, 6.07) is 0. The van der Waals surface area contributed by atoms with E-state index in [1.165, 1.54) is 43.6 Å². The van der Waals surface area contributed by atoms with Crippen molar-refractivity contribution in [1.82, 2.24) is 9.55 Å². The molecule has 2 rings (SSSR count). The molecule has 0 atom stereocenters. The lowest BCUT2D eigenvalue weighted by atomic mass is 9.87. The molecule has 0 spiro atoms. The first-order valence-electron chi connectivity index (χ1n) is 6.52. The Hall–Kier alpha value is -0.790. The molecule has 1 aromatic rings. The molecule has 0 aliphatic heterocycles. The van der Waals surface area contributed by atoms with Crippen molar-refractivity contribution in [3.8, 4) is 0 Å². The van der Waals surface area contributed by atoms with Gasteiger partial charge in [0, 0.05) is 24.6 Å². The number of hydrogen-bond donors (Lipinski definition) is 0. The van der Waals surface area contributed by atoms with Gasteiger partial charge in [-0.3, -0.25) is 0 Å². The second kappa shape index (κ2) is 4.23.